The van der Waals surface area contributed by atoms with Crippen LogP contribution in [0.5, 0.6) is 5.75 Å². The van der Waals surface area contributed by atoms with Gasteiger partial charge in [0.1, 0.15) is 11.8 Å². The van der Waals surface area contributed by atoms with Crippen LogP contribution in [-0.2, 0) is 7.05 Å². The smallest absolute Gasteiger partial charge is 0.162 e. The van der Waals surface area contributed by atoms with Gasteiger partial charge in [0.05, 0.1) is 18.8 Å². The van der Waals surface area contributed by atoms with Crippen LogP contribution in [0.2, 0.25) is 0 Å². The fourth-order valence-electron chi connectivity index (χ4n) is 4.24. The molecule has 5 nitrogen and oxygen atoms in total. The lowest BCUT2D eigenvalue weighted by atomic mass is 9.84. The predicted molar refractivity (Wildman–Crippen MR) is 81.3 cm³/mol. The van der Waals surface area contributed by atoms with Gasteiger partial charge in [-0.1, -0.05) is 19.3 Å². The summed E-state index contributed by atoms with van der Waals surface area (Å²) >= 11 is 0. The first-order chi connectivity index (χ1) is 10.2. The van der Waals surface area contributed by atoms with Crippen molar-refractivity contribution >= 4 is 0 Å². The second-order valence-electron chi connectivity index (χ2n) is 6.48. The molecule has 1 unspecified atom stereocenters. The Balaban J connectivity index is 1.94. The summed E-state index contributed by atoms with van der Waals surface area (Å²) in [4.78, 5) is 2.54. The highest BCUT2D eigenvalue weighted by Crippen LogP contribution is 2.47. The van der Waals surface area contributed by atoms with E-state index in [4.69, 9.17) is 4.74 Å². The highest BCUT2D eigenvalue weighted by Gasteiger charge is 2.48. The topological polar surface area (TPSA) is 50.5 Å². The molecule has 1 aliphatic carbocycles. The largest absolute Gasteiger partial charge is 0.493 e. The summed E-state index contributed by atoms with van der Waals surface area (Å²) in [6.45, 7) is 2.22. The molecule has 0 bridgehead atoms. The van der Waals surface area contributed by atoms with Crippen LogP contribution in [0.25, 0.3) is 0 Å². The molecule has 2 aliphatic rings. The molecule has 2 fully saturated rings. The summed E-state index contributed by atoms with van der Waals surface area (Å²) < 4.78 is 7.19. The molecule has 0 aromatic carbocycles. The molecule has 118 valence electrons. The highest BCUT2D eigenvalue weighted by atomic mass is 16.5. The van der Waals surface area contributed by atoms with Gasteiger partial charge in [0.2, 0.25) is 0 Å². The summed E-state index contributed by atoms with van der Waals surface area (Å²) in [5.74, 6) is 0.702. The molecule has 21 heavy (non-hydrogen) atoms. The Morgan fingerprint density at radius 2 is 1.86 bits per heavy atom. The van der Waals surface area contributed by atoms with Crippen molar-refractivity contribution < 1.29 is 9.84 Å². The van der Waals surface area contributed by atoms with E-state index in [9.17, 15) is 5.11 Å². The van der Waals surface area contributed by atoms with E-state index in [1.165, 1.54) is 32.1 Å². The standard InChI is InChI=1S/C16H27N3O2/c1-18-14(13(21-2)12-17-18)15(20)16(8-4-5-9-16)19-10-6-3-7-11-19/h12,15,20H,3-11H2,1-2H3. The highest BCUT2D eigenvalue weighted by molar-refractivity contribution is 5.30. The van der Waals surface area contributed by atoms with Gasteiger partial charge < -0.3 is 9.84 Å². The zero-order valence-corrected chi connectivity index (χ0v) is 13.2. The van der Waals surface area contributed by atoms with Gasteiger partial charge in [0.15, 0.2) is 5.75 Å². The molecule has 1 aromatic heterocycles. The number of likely N-dealkylation sites (tertiary alicyclic amines) is 1. The summed E-state index contributed by atoms with van der Waals surface area (Å²) in [5.41, 5.74) is 0.701. The number of aliphatic hydroxyl groups is 1. The number of hydrogen-bond donors (Lipinski definition) is 1. The first-order valence-electron chi connectivity index (χ1n) is 8.18. The first kappa shape index (κ1) is 14.9. The summed E-state index contributed by atoms with van der Waals surface area (Å²) in [6.07, 6.45) is 9.54. The number of aliphatic hydroxyl groups excluding tert-OH is 1. The van der Waals surface area contributed by atoms with E-state index in [0.29, 0.717) is 5.75 Å². The number of rotatable bonds is 4. The van der Waals surface area contributed by atoms with Gasteiger partial charge in [-0.3, -0.25) is 9.58 Å². The average molecular weight is 293 g/mol. The van der Waals surface area contributed by atoms with Crippen molar-refractivity contribution in [2.24, 2.45) is 7.05 Å². The van der Waals surface area contributed by atoms with Crippen molar-refractivity contribution in [1.82, 2.24) is 14.7 Å². The van der Waals surface area contributed by atoms with Crippen LogP contribution in [0.1, 0.15) is 56.7 Å². The van der Waals surface area contributed by atoms with E-state index in [1.54, 1.807) is 18.0 Å². The van der Waals surface area contributed by atoms with Crippen LogP contribution < -0.4 is 4.74 Å². The lowest BCUT2D eigenvalue weighted by Crippen LogP contribution is -2.53. The number of ether oxygens (including phenoxy) is 1. The summed E-state index contributed by atoms with van der Waals surface area (Å²) in [7, 11) is 3.54. The van der Waals surface area contributed by atoms with Crippen LogP contribution in [0.3, 0.4) is 0 Å². The average Bonchev–Trinajstić information content (AvgIpc) is 3.15. The minimum atomic E-state index is -0.527. The molecule has 1 atom stereocenters. The minimum absolute atomic E-state index is 0.124. The number of nitrogens with zero attached hydrogens (tertiary/aromatic N) is 3. The zero-order chi connectivity index (χ0) is 14.9. The van der Waals surface area contributed by atoms with Crippen molar-refractivity contribution in [2.45, 2.75) is 56.6 Å². The van der Waals surface area contributed by atoms with E-state index in [1.807, 2.05) is 7.05 Å². The van der Waals surface area contributed by atoms with Gasteiger partial charge in [-0.25, -0.2) is 0 Å². The fourth-order valence-corrected chi connectivity index (χ4v) is 4.24. The molecule has 1 N–H and O–H groups in total. The number of hydrogen-bond acceptors (Lipinski definition) is 4. The van der Waals surface area contributed by atoms with Crippen molar-refractivity contribution in [3.05, 3.63) is 11.9 Å². The van der Waals surface area contributed by atoms with Crippen molar-refractivity contribution in [1.29, 1.82) is 0 Å². The van der Waals surface area contributed by atoms with Crippen molar-refractivity contribution in [2.75, 3.05) is 20.2 Å². The number of aromatic nitrogens is 2. The Kier molecular flexibility index (Phi) is 4.22. The third kappa shape index (κ3) is 2.46. The fraction of sp³-hybridized carbons (Fsp3) is 0.812. The Bertz CT molecular complexity index is 474. The molecule has 0 spiro atoms. The predicted octanol–water partition coefficient (Wildman–Crippen LogP) is 2.26. The van der Waals surface area contributed by atoms with E-state index in [-0.39, 0.29) is 5.54 Å². The Labute approximate surface area is 126 Å². The maximum Gasteiger partial charge on any atom is 0.162 e. The summed E-state index contributed by atoms with van der Waals surface area (Å²) in [6, 6.07) is 0. The maximum atomic E-state index is 11.2. The van der Waals surface area contributed by atoms with Crippen LogP contribution in [-0.4, -0.2) is 45.5 Å². The van der Waals surface area contributed by atoms with Crippen molar-refractivity contribution in [3.63, 3.8) is 0 Å². The van der Waals surface area contributed by atoms with Gasteiger partial charge in [-0.2, -0.15) is 5.10 Å². The number of methoxy groups -OCH3 is 1. The first-order valence-corrected chi connectivity index (χ1v) is 8.18. The monoisotopic (exact) mass is 293 g/mol. The van der Waals surface area contributed by atoms with Gasteiger partial charge in [-0.05, 0) is 38.8 Å². The Morgan fingerprint density at radius 3 is 2.48 bits per heavy atom. The third-order valence-electron chi connectivity index (χ3n) is 5.39. The Morgan fingerprint density at radius 1 is 1.19 bits per heavy atom. The van der Waals surface area contributed by atoms with Crippen LogP contribution in [0, 0.1) is 0 Å². The van der Waals surface area contributed by atoms with E-state index in [2.05, 4.69) is 10.00 Å². The Hall–Kier alpha value is -1.07. The van der Waals surface area contributed by atoms with E-state index < -0.39 is 6.10 Å². The molecule has 1 saturated heterocycles. The molecular weight excluding hydrogens is 266 g/mol. The van der Waals surface area contributed by atoms with Crippen LogP contribution >= 0.6 is 0 Å². The molecular formula is C16H27N3O2. The van der Waals surface area contributed by atoms with E-state index in [0.717, 1.165) is 31.6 Å². The second-order valence-corrected chi connectivity index (χ2v) is 6.48. The summed E-state index contributed by atoms with van der Waals surface area (Å²) in [5, 5.41) is 15.5. The molecule has 1 aliphatic heterocycles. The second kappa shape index (κ2) is 5.97. The van der Waals surface area contributed by atoms with E-state index >= 15 is 0 Å². The zero-order valence-electron chi connectivity index (χ0n) is 13.2. The molecule has 3 rings (SSSR count). The van der Waals surface area contributed by atoms with Gasteiger partial charge in [0.25, 0.3) is 0 Å². The molecule has 5 heteroatoms. The molecule has 2 heterocycles. The maximum absolute atomic E-state index is 11.2. The van der Waals surface area contributed by atoms with Gasteiger partial charge >= 0.3 is 0 Å². The quantitative estimate of drug-likeness (QED) is 0.925. The third-order valence-corrected chi connectivity index (χ3v) is 5.39. The SMILES string of the molecule is COc1cnn(C)c1C(O)C1(N2CCCCC2)CCCC1. The lowest BCUT2D eigenvalue weighted by Gasteiger charge is -2.46. The van der Waals surface area contributed by atoms with Gasteiger partial charge in [0, 0.05) is 7.05 Å². The number of aryl methyl sites for hydroxylation is 1. The molecule has 0 radical (unpaired) electrons. The normalized spacial score (nSPS) is 24.1. The minimum Gasteiger partial charge on any atom is -0.493 e. The van der Waals surface area contributed by atoms with Crippen LogP contribution in [0.15, 0.2) is 6.20 Å². The molecule has 1 saturated carbocycles. The van der Waals surface area contributed by atoms with Crippen molar-refractivity contribution in [3.8, 4) is 5.75 Å². The van der Waals surface area contributed by atoms with Crippen LogP contribution in [0.4, 0.5) is 0 Å². The number of piperidine rings is 1. The lowest BCUT2D eigenvalue weighted by molar-refractivity contribution is -0.0449. The molecule has 1 aromatic rings. The molecule has 0 amide bonds. The van der Waals surface area contributed by atoms with Gasteiger partial charge in [-0.15, -0.1) is 0 Å².